The summed E-state index contributed by atoms with van der Waals surface area (Å²) in [5.74, 6) is 1.71. The molecule has 8 nitrogen and oxygen atoms in total. The van der Waals surface area contributed by atoms with Crippen molar-refractivity contribution in [2.24, 2.45) is 0 Å². The zero-order valence-corrected chi connectivity index (χ0v) is 17.0. The Hall–Kier alpha value is -3.00. The van der Waals surface area contributed by atoms with E-state index in [2.05, 4.69) is 5.32 Å². The number of aryl methyl sites for hydroxylation is 1. The average Bonchev–Trinajstić information content (AvgIpc) is 3.50. The van der Waals surface area contributed by atoms with Crippen molar-refractivity contribution in [1.82, 2.24) is 10.2 Å². The Bertz CT molecular complexity index is 903. The molecule has 2 amide bonds. The molecule has 0 bridgehead atoms. The van der Waals surface area contributed by atoms with Gasteiger partial charge in [-0.15, -0.1) is 0 Å². The first-order chi connectivity index (χ1) is 14.6. The van der Waals surface area contributed by atoms with Crippen LogP contribution in [0.15, 0.2) is 34.9 Å². The van der Waals surface area contributed by atoms with E-state index in [-0.39, 0.29) is 31.1 Å². The van der Waals surface area contributed by atoms with Gasteiger partial charge < -0.3 is 28.8 Å². The minimum Gasteiger partial charge on any atom is -0.469 e. The number of amides is 2. The predicted molar refractivity (Wildman–Crippen MR) is 107 cm³/mol. The molecule has 0 unspecified atom stereocenters. The highest BCUT2D eigenvalue weighted by Crippen LogP contribution is 2.32. The standard InChI is InChI=1S/C22H26N2O6/c1-15-18(7-10-27-15)22(26)24(13-17-3-2-9-28-17)8-6-21(25)23-12-16-4-5-19-20(11-16)30-14-29-19/h4-5,7,10-11,17H,2-3,6,8-9,12-14H2,1H3,(H,23,25)/t17-/m0/s1. The summed E-state index contributed by atoms with van der Waals surface area (Å²) in [6.07, 6.45) is 3.64. The van der Waals surface area contributed by atoms with Gasteiger partial charge in [-0.1, -0.05) is 6.07 Å². The Balaban J connectivity index is 1.32. The van der Waals surface area contributed by atoms with Gasteiger partial charge >= 0.3 is 0 Å². The van der Waals surface area contributed by atoms with Crippen LogP contribution in [0, 0.1) is 6.92 Å². The van der Waals surface area contributed by atoms with Gasteiger partial charge in [0.05, 0.1) is 17.9 Å². The van der Waals surface area contributed by atoms with E-state index in [9.17, 15) is 9.59 Å². The Kier molecular flexibility index (Phi) is 6.23. The third-order valence-electron chi connectivity index (χ3n) is 5.36. The Morgan fingerprint density at radius 1 is 1.20 bits per heavy atom. The van der Waals surface area contributed by atoms with E-state index in [1.807, 2.05) is 18.2 Å². The van der Waals surface area contributed by atoms with Crippen LogP contribution in [0.5, 0.6) is 11.5 Å². The van der Waals surface area contributed by atoms with Crippen LogP contribution in [0.4, 0.5) is 0 Å². The molecule has 30 heavy (non-hydrogen) atoms. The van der Waals surface area contributed by atoms with Gasteiger partial charge in [-0.2, -0.15) is 0 Å². The summed E-state index contributed by atoms with van der Waals surface area (Å²) in [4.78, 5) is 27.1. The van der Waals surface area contributed by atoms with E-state index in [4.69, 9.17) is 18.6 Å². The number of rotatable bonds is 8. The van der Waals surface area contributed by atoms with Crippen LogP contribution in [0.25, 0.3) is 0 Å². The summed E-state index contributed by atoms with van der Waals surface area (Å²) in [5, 5.41) is 2.90. The van der Waals surface area contributed by atoms with Crippen molar-refractivity contribution in [3.63, 3.8) is 0 Å². The Labute approximate surface area is 175 Å². The molecule has 0 aliphatic carbocycles. The first-order valence-electron chi connectivity index (χ1n) is 10.2. The van der Waals surface area contributed by atoms with Crippen molar-refractivity contribution in [1.29, 1.82) is 0 Å². The van der Waals surface area contributed by atoms with E-state index in [0.717, 1.165) is 18.4 Å². The second kappa shape index (κ2) is 9.21. The summed E-state index contributed by atoms with van der Waals surface area (Å²) in [7, 11) is 0. The van der Waals surface area contributed by atoms with Gasteiger partial charge in [0, 0.05) is 32.7 Å². The number of hydrogen-bond donors (Lipinski definition) is 1. The molecule has 1 aromatic heterocycles. The van der Waals surface area contributed by atoms with Crippen molar-refractivity contribution in [3.05, 3.63) is 47.4 Å². The molecule has 4 rings (SSSR count). The van der Waals surface area contributed by atoms with Crippen molar-refractivity contribution < 1.29 is 28.2 Å². The number of fused-ring (bicyclic) bond motifs is 1. The predicted octanol–water partition coefficient (Wildman–Crippen LogP) is 2.64. The SMILES string of the molecule is Cc1occc1C(=O)N(CCC(=O)NCc1ccc2c(c1)OCO2)C[C@@H]1CCCO1. The molecule has 1 aromatic carbocycles. The topological polar surface area (TPSA) is 90.2 Å². The highest BCUT2D eigenvalue weighted by atomic mass is 16.7. The number of carbonyl (C=O) groups excluding carboxylic acids is 2. The van der Waals surface area contributed by atoms with Crippen LogP contribution in [-0.2, 0) is 16.1 Å². The number of nitrogens with zero attached hydrogens (tertiary/aromatic N) is 1. The van der Waals surface area contributed by atoms with Crippen molar-refractivity contribution in [3.8, 4) is 11.5 Å². The molecule has 8 heteroatoms. The second-order valence-corrected chi connectivity index (χ2v) is 7.49. The zero-order chi connectivity index (χ0) is 20.9. The molecule has 1 N–H and O–H groups in total. The lowest BCUT2D eigenvalue weighted by Gasteiger charge is -2.25. The number of nitrogens with one attached hydrogen (secondary N) is 1. The molecule has 0 saturated carbocycles. The van der Waals surface area contributed by atoms with Gasteiger partial charge in [0.2, 0.25) is 12.7 Å². The number of hydrogen-bond acceptors (Lipinski definition) is 6. The van der Waals surface area contributed by atoms with E-state index in [0.29, 0.717) is 49.1 Å². The fourth-order valence-corrected chi connectivity index (χ4v) is 3.66. The maximum absolute atomic E-state index is 13.0. The van der Waals surface area contributed by atoms with Crippen molar-refractivity contribution in [2.45, 2.75) is 38.8 Å². The summed E-state index contributed by atoms with van der Waals surface area (Å²) in [6.45, 7) is 3.87. The first-order valence-corrected chi connectivity index (χ1v) is 10.2. The number of furan rings is 1. The first kappa shape index (κ1) is 20.3. The monoisotopic (exact) mass is 414 g/mol. The fourth-order valence-electron chi connectivity index (χ4n) is 3.66. The minimum absolute atomic E-state index is 0.0119. The maximum atomic E-state index is 13.0. The van der Waals surface area contributed by atoms with Crippen LogP contribution in [0.1, 0.15) is 40.9 Å². The number of benzene rings is 1. The van der Waals surface area contributed by atoms with Gasteiger partial charge in [-0.05, 0) is 43.5 Å². The molecule has 160 valence electrons. The van der Waals surface area contributed by atoms with Crippen molar-refractivity contribution in [2.75, 3.05) is 26.5 Å². The normalized spacial score (nSPS) is 17.2. The Morgan fingerprint density at radius 2 is 2.07 bits per heavy atom. The molecular weight excluding hydrogens is 388 g/mol. The van der Waals surface area contributed by atoms with Crippen LogP contribution >= 0.6 is 0 Å². The zero-order valence-electron chi connectivity index (χ0n) is 17.0. The third-order valence-corrected chi connectivity index (χ3v) is 5.36. The lowest BCUT2D eigenvalue weighted by atomic mass is 10.1. The van der Waals surface area contributed by atoms with Crippen LogP contribution < -0.4 is 14.8 Å². The molecule has 0 spiro atoms. The van der Waals surface area contributed by atoms with Gasteiger partial charge in [0.15, 0.2) is 11.5 Å². The van der Waals surface area contributed by atoms with Crippen LogP contribution in [-0.4, -0.2) is 49.3 Å². The van der Waals surface area contributed by atoms with Gasteiger partial charge in [0.1, 0.15) is 5.76 Å². The van der Waals surface area contributed by atoms with E-state index in [1.54, 1.807) is 17.9 Å². The maximum Gasteiger partial charge on any atom is 0.257 e. The van der Waals surface area contributed by atoms with E-state index >= 15 is 0 Å². The highest BCUT2D eigenvalue weighted by Gasteiger charge is 2.25. The van der Waals surface area contributed by atoms with Gasteiger partial charge in [-0.3, -0.25) is 9.59 Å². The molecule has 1 atom stereocenters. The van der Waals surface area contributed by atoms with Crippen LogP contribution in [0.2, 0.25) is 0 Å². The quantitative estimate of drug-likeness (QED) is 0.714. The molecule has 2 aliphatic heterocycles. The van der Waals surface area contributed by atoms with Gasteiger partial charge in [0.25, 0.3) is 5.91 Å². The molecule has 0 radical (unpaired) electrons. The highest BCUT2D eigenvalue weighted by molar-refractivity contribution is 5.95. The summed E-state index contributed by atoms with van der Waals surface area (Å²) < 4.78 is 21.6. The molecule has 1 saturated heterocycles. The van der Waals surface area contributed by atoms with Crippen LogP contribution in [0.3, 0.4) is 0 Å². The number of ether oxygens (including phenoxy) is 3. The van der Waals surface area contributed by atoms with Crippen molar-refractivity contribution >= 4 is 11.8 Å². The molecule has 2 aromatic rings. The van der Waals surface area contributed by atoms with Gasteiger partial charge in [-0.25, -0.2) is 0 Å². The third kappa shape index (κ3) is 4.76. The molecular formula is C22H26N2O6. The lowest BCUT2D eigenvalue weighted by molar-refractivity contribution is -0.121. The molecule has 2 aliphatic rings. The fraction of sp³-hybridized carbons (Fsp3) is 0.455. The minimum atomic E-state index is -0.139. The Morgan fingerprint density at radius 3 is 2.83 bits per heavy atom. The largest absolute Gasteiger partial charge is 0.469 e. The van der Waals surface area contributed by atoms with E-state index in [1.165, 1.54) is 6.26 Å². The lowest BCUT2D eigenvalue weighted by Crippen LogP contribution is -2.40. The average molecular weight is 414 g/mol. The molecule has 1 fully saturated rings. The second-order valence-electron chi connectivity index (χ2n) is 7.49. The van der Waals surface area contributed by atoms with E-state index < -0.39 is 0 Å². The summed E-state index contributed by atoms with van der Waals surface area (Å²) >= 11 is 0. The summed E-state index contributed by atoms with van der Waals surface area (Å²) in [5.41, 5.74) is 1.45. The molecule has 3 heterocycles. The smallest absolute Gasteiger partial charge is 0.257 e. The number of carbonyl (C=O) groups is 2. The summed E-state index contributed by atoms with van der Waals surface area (Å²) in [6, 6.07) is 7.25.